The van der Waals surface area contributed by atoms with Gasteiger partial charge in [0.15, 0.2) is 5.78 Å². The van der Waals surface area contributed by atoms with Crippen molar-refractivity contribution in [1.82, 2.24) is 29.9 Å². The van der Waals surface area contributed by atoms with Gasteiger partial charge in [-0.3, -0.25) is 19.4 Å². The van der Waals surface area contributed by atoms with Gasteiger partial charge in [0.2, 0.25) is 0 Å². The predicted molar refractivity (Wildman–Crippen MR) is 93.9 cm³/mol. The molecule has 25 heavy (non-hydrogen) atoms. The second kappa shape index (κ2) is 6.68. The summed E-state index contributed by atoms with van der Waals surface area (Å²) in [6, 6.07) is 5.78. The van der Waals surface area contributed by atoms with E-state index in [1.165, 1.54) is 12.8 Å². The normalized spacial score (nSPS) is 15.1. The van der Waals surface area contributed by atoms with Crippen LogP contribution in [0.2, 0.25) is 0 Å². The standard InChI is InChI=1S/C18H20N6O/c1-23-12-18(21-22-23)16-5-4-13-10-19-14(9-17(13)20-16)8-15(25)11-24-6-2-3-7-24/h4-5,9-10,12H,2-3,6-8,11H2,1H3. The van der Waals surface area contributed by atoms with E-state index < -0.39 is 0 Å². The van der Waals surface area contributed by atoms with Crippen LogP contribution in [0.25, 0.3) is 22.3 Å². The third-order valence-electron chi connectivity index (χ3n) is 4.47. The highest BCUT2D eigenvalue weighted by molar-refractivity contribution is 5.85. The summed E-state index contributed by atoms with van der Waals surface area (Å²) in [4.78, 5) is 23.6. The quantitative estimate of drug-likeness (QED) is 0.705. The minimum absolute atomic E-state index is 0.207. The Labute approximate surface area is 145 Å². The highest BCUT2D eigenvalue weighted by Crippen LogP contribution is 2.19. The molecule has 0 spiro atoms. The molecule has 7 nitrogen and oxygen atoms in total. The molecule has 0 aliphatic carbocycles. The lowest BCUT2D eigenvalue weighted by Gasteiger charge is -2.13. The van der Waals surface area contributed by atoms with Crippen molar-refractivity contribution >= 4 is 16.7 Å². The van der Waals surface area contributed by atoms with Gasteiger partial charge in [0, 0.05) is 24.3 Å². The molecule has 1 aliphatic heterocycles. The number of pyridine rings is 2. The molecular weight excluding hydrogens is 316 g/mol. The van der Waals surface area contributed by atoms with Crippen molar-refractivity contribution in [1.29, 1.82) is 0 Å². The first-order valence-electron chi connectivity index (χ1n) is 8.54. The zero-order chi connectivity index (χ0) is 17.2. The monoisotopic (exact) mass is 336 g/mol. The number of carbonyl (C=O) groups excluding carboxylic acids is 1. The Morgan fingerprint density at radius 1 is 1.20 bits per heavy atom. The van der Waals surface area contributed by atoms with E-state index in [9.17, 15) is 4.79 Å². The van der Waals surface area contributed by atoms with Crippen LogP contribution < -0.4 is 0 Å². The molecule has 1 fully saturated rings. The minimum atomic E-state index is 0.207. The van der Waals surface area contributed by atoms with Crippen molar-refractivity contribution in [2.75, 3.05) is 19.6 Å². The summed E-state index contributed by atoms with van der Waals surface area (Å²) in [7, 11) is 1.82. The zero-order valence-electron chi connectivity index (χ0n) is 14.2. The molecule has 0 amide bonds. The summed E-state index contributed by atoms with van der Waals surface area (Å²) in [5.74, 6) is 0.207. The molecule has 0 N–H and O–H groups in total. The van der Waals surface area contributed by atoms with Crippen molar-refractivity contribution in [2.45, 2.75) is 19.3 Å². The molecule has 3 aromatic rings. The molecule has 0 bridgehead atoms. The number of aryl methyl sites for hydroxylation is 1. The van der Waals surface area contributed by atoms with Crippen LogP contribution >= 0.6 is 0 Å². The van der Waals surface area contributed by atoms with E-state index >= 15 is 0 Å². The summed E-state index contributed by atoms with van der Waals surface area (Å²) in [6.45, 7) is 2.58. The molecule has 0 unspecified atom stereocenters. The molecule has 4 heterocycles. The molecule has 0 atom stereocenters. The fourth-order valence-electron chi connectivity index (χ4n) is 3.21. The molecule has 0 radical (unpaired) electrons. The van der Waals surface area contributed by atoms with Crippen LogP contribution in [-0.2, 0) is 18.3 Å². The fourth-order valence-corrected chi connectivity index (χ4v) is 3.21. The smallest absolute Gasteiger partial charge is 0.152 e. The number of ketones is 1. The Balaban J connectivity index is 1.54. The van der Waals surface area contributed by atoms with Crippen LogP contribution in [-0.4, -0.2) is 55.3 Å². The summed E-state index contributed by atoms with van der Waals surface area (Å²) >= 11 is 0. The maximum Gasteiger partial charge on any atom is 0.152 e. The van der Waals surface area contributed by atoms with Crippen LogP contribution in [0.1, 0.15) is 18.5 Å². The van der Waals surface area contributed by atoms with Crippen LogP contribution in [0, 0.1) is 0 Å². The van der Waals surface area contributed by atoms with E-state index in [2.05, 4.69) is 25.2 Å². The Morgan fingerprint density at radius 3 is 2.80 bits per heavy atom. The van der Waals surface area contributed by atoms with Gasteiger partial charge in [-0.2, -0.15) is 0 Å². The molecule has 0 aromatic carbocycles. The molecule has 1 saturated heterocycles. The first-order valence-corrected chi connectivity index (χ1v) is 8.54. The molecule has 0 saturated carbocycles. The van der Waals surface area contributed by atoms with Gasteiger partial charge in [-0.1, -0.05) is 5.21 Å². The van der Waals surface area contributed by atoms with Gasteiger partial charge >= 0.3 is 0 Å². The average Bonchev–Trinajstić information content (AvgIpc) is 3.26. The van der Waals surface area contributed by atoms with Crippen molar-refractivity contribution in [3.63, 3.8) is 0 Å². The van der Waals surface area contributed by atoms with Crippen molar-refractivity contribution < 1.29 is 4.79 Å². The van der Waals surface area contributed by atoms with Crippen molar-refractivity contribution in [3.05, 3.63) is 36.3 Å². The number of carbonyl (C=O) groups is 1. The van der Waals surface area contributed by atoms with Gasteiger partial charge in [-0.05, 0) is 44.1 Å². The Hall–Kier alpha value is -2.67. The fraction of sp³-hybridized carbons (Fsp3) is 0.389. The molecule has 3 aromatic heterocycles. The van der Waals surface area contributed by atoms with Gasteiger partial charge in [0.25, 0.3) is 0 Å². The Bertz CT molecular complexity index is 913. The van der Waals surface area contributed by atoms with Crippen LogP contribution in [0.3, 0.4) is 0 Å². The second-order valence-electron chi connectivity index (χ2n) is 6.54. The number of fused-ring (bicyclic) bond motifs is 1. The zero-order valence-corrected chi connectivity index (χ0v) is 14.2. The number of hydrogen-bond donors (Lipinski definition) is 0. The van der Waals surface area contributed by atoms with Gasteiger partial charge in [-0.15, -0.1) is 5.10 Å². The van der Waals surface area contributed by atoms with Gasteiger partial charge in [0.1, 0.15) is 5.69 Å². The molecule has 1 aliphatic rings. The van der Waals surface area contributed by atoms with Gasteiger partial charge < -0.3 is 0 Å². The molecule has 128 valence electrons. The number of hydrogen-bond acceptors (Lipinski definition) is 6. The van der Waals surface area contributed by atoms with E-state index in [0.717, 1.165) is 41.1 Å². The summed E-state index contributed by atoms with van der Waals surface area (Å²) in [5, 5.41) is 8.99. The van der Waals surface area contributed by atoms with Crippen LogP contribution in [0.15, 0.2) is 30.6 Å². The minimum Gasteiger partial charge on any atom is -0.298 e. The number of rotatable bonds is 5. The lowest BCUT2D eigenvalue weighted by molar-refractivity contribution is -0.119. The summed E-state index contributed by atoms with van der Waals surface area (Å²) < 4.78 is 1.65. The highest BCUT2D eigenvalue weighted by Gasteiger charge is 2.16. The SMILES string of the molecule is Cn1cc(-c2ccc3cnc(CC(=O)CN4CCCC4)cc3n2)nn1. The lowest BCUT2D eigenvalue weighted by Crippen LogP contribution is -2.27. The molecule has 7 heteroatoms. The largest absolute Gasteiger partial charge is 0.298 e. The summed E-state index contributed by atoms with van der Waals surface area (Å²) in [5.41, 5.74) is 3.08. The van der Waals surface area contributed by atoms with E-state index in [4.69, 9.17) is 0 Å². The highest BCUT2D eigenvalue weighted by atomic mass is 16.1. The number of likely N-dealkylation sites (tertiary alicyclic amines) is 1. The first-order chi connectivity index (χ1) is 12.2. The van der Waals surface area contributed by atoms with Crippen LogP contribution in [0.5, 0.6) is 0 Å². The number of nitrogens with zero attached hydrogens (tertiary/aromatic N) is 6. The maximum absolute atomic E-state index is 12.3. The van der Waals surface area contributed by atoms with E-state index in [1.807, 2.05) is 31.4 Å². The van der Waals surface area contributed by atoms with Gasteiger partial charge in [0.05, 0.1) is 30.4 Å². The summed E-state index contributed by atoms with van der Waals surface area (Å²) in [6.07, 6.45) is 6.34. The maximum atomic E-state index is 12.3. The average molecular weight is 336 g/mol. The Kier molecular flexibility index (Phi) is 4.23. The van der Waals surface area contributed by atoms with Gasteiger partial charge in [-0.25, -0.2) is 4.98 Å². The van der Waals surface area contributed by atoms with E-state index in [0.29, 0.717) is 13.0 Å². The number of Topliss-reactive ketones (excluding diaryl/α,β-unsaturated/α-hetero) is 1. The lowest BCUT2D eigenvalue weighted by atomic mass is 10.1. The van der Waals surface area contributed by atoms with E-state index in [1.54, 1.807) is 10.9 Å². The Morgan fingerprint density at radius 2 is 2.04 bits per heavy atom. The molecular formula is C18H20N6O. The third kappa shape index (κ3) is 3.56. The predicted octanol–water partition coefficient (Wildman–Crippen LogP) is 1.63. The topological polar surface area (TPSA) is 76.8 Å². The molecule has 4 rings (SSSR count). The van der Waals surface area contributed by atoms with Crippen molar-refractivity contribution in [3.8, 4) is 11.4 Å². The van der Waals surface area contributed by atoms with E-state index in [-0.39, 0.29) is 5.78 Å². The first kappa shape index (κ1) is 15.8. The number of aromatic nitrogens is 5. The second-order valence-corrected chi connectivity index (χ2v) is 6.54. The van der Waals surface area contributed by atoms with Crippen molar-refractivity contribution in [2.24, 2.45) is 7.05 Å². The third-order valence-corrected chi connectivity index (χ3v) is 4.47. The van der Waals surface area contributed by atoms with Crippen LogP contribution in [0.4, 0.5) is 0 Å².